The quantitative estimate of drug-likeness (QED) is 0.926. The van der Waals surface area contributed by atoms with Gasteiger partial charge in [-0.2, -0.15) is 0 Å². The van der Waals surface area contributed by atoms with Gasteiger partial charge >= 0.3 is 0 Å². The zero-order valence-electron chi connectivity index (χ0n) is 15.1. The zero-order chi connectivity index (χ0) is 17.6. The molecule has 0 aromatic heterocycles. The van der Waals surface area contributed by atoms with Gasteiger partial charge in [0.05, 0.1) is 28.4 Å². The second kappa shape index (κ2) is 6.15. The first kappa shape index (κ1) is 16.1. The third-order valence-electron chi connectivity index (χ3n) is 5.25. The molecule has 2 aromatic carbocycles. The fraction of sp³-hybridized carbons (Fsp3) is 0.400. The Balaban J connectivity index is 2.05. The van der Waals surface area contributed by atoms with Crippen LogP contribution >= 0.6 is 0 Å². The SMILES string of the molecule is COc1cc2c(cc1OC)-c1c(OC)c(OC)cc3c1C(CNC3)C2. The Hall–Kier alpha value is -2.40. The van der Waals surface area contributed by atoms with Gasteiger partial charge in [0.2, 0.25) is 0 Å². The summed E-state index contributed by atoms with van der Waals surface area (Å²) in [4.78, 5) is 0. The summed E-state index contributed by atoms with van der Waals surface area (Å²) in [6.45, 7) is 1.81. The van der Waals surface area contributed by atoms with Gasteiger partial charge in [0.15, 0.2) is 23.0 Å². The van der Waals surface area contributed by atoms with E-state index in [1.807, 2.05) is 0 Å². The molecule has 0 saturated carbocycles. The van der Waals surface area contributed by atoms with Gasteiger partial charge in [0.1, 0.15) is 0 Å². The lowest BCUT2D eigenvalue weighted by Crippen LogP contribution is -2.32. The highest BCUT2D eigenvalue weighted by Crippen LogP contribution is 2.52. The smallest absolute Gasteiger partial charge is 0.168 e. The molecule has 1 aliphatic heterocycles. The van der Waals surface area contributed by atoms with Crippen LogP contribution in [0.3, 0.4) is 0 Å². The Kier molecular flexibility index (Phi) is 3.96. The van der Waals surface area contributed by atoms with Crippen LogP contribution in [0.4, 0.5) is 0 Å². The van der Waals surface area contributed by atoms with Crippen LogP contribution in [0.2, 0.25) is 0 Å². The summed E-state index contributed by atoms with van der Waals surface area (Å²) in [6, 6.07) is 6.25. The van der Waals surface area contributed by atoms with E-state index in [1.165, 1.54) is 16.7 Å². The number of nitrogens with one attached hydrogen (secondary N) is 1. The summed E-state index contributed by atoms with van der Waals surface area (Å²) in [6.07, 6.45) is 0.970. The Labute approximate surface area is 147 Å². The first-order chi connectivity index (χ1) is 12.2. The Morgan fingerprint density at radius 1 is 0.840 bits per heavy atom. The molecule has 0 saturated heterocycles. The molecule has 4 rings (SSSR count). The second-order valence-corrected chi connectivity index (χ2v) is 6.46. The van der Waals surface area contributed by atoms with E-state index in [1.54, 1.807) is 28.4 Å². The predicted molar refractivity (Wildman–Crippen MR) is 96.2 cm³/mol. The molecule has 0 fully saturated rings. The van der Waals surface area contributed by atoms with Gasteiger partial charge < -0.3 is 24.3 Å². The van der Waals surface area contributed by atoms with E-state index < -0.39 is 0 Å². The van der Waals surface area contributed by atoms with Crippen molar-refractivity contribution in [1.29, 1.82) is 0 Å². The molecule has 0 amide bonds. The lowest BCUT2D eigenvalue weighted by Gasteiger charge is -2.35. The van der Waals surface area contributed by atoms with Crippen molar-refractivity contribution in [3.8, 4) is 34.1 Å². The molecule has 2 aromatic rings. The van der Waals surface area contributed by atoms with Crippen molar-refractivity contribution < 1.29 is 18.9 Å². The molecule has 1 atom stereocenters. The average molecular weight is 341 g/mol. The number of hydrogen-bond donors (Lipinski definition) is 1. The molecule has 1 N–H and O–H groups in total. The average Bonchev–Trinajstić information content (AvgIpc) is 2.66. The third-order valence-corrected chi connectivity index (χ3v) is 5.25. The van der Waals surface area contributed by atoms with E-state index in [-0.39, 0.29) is 0 Å². The summed E-state index contributed by atoms with van der Waals surface area (Å²) < 4.78 is 22.4. The van der Waals surface area contributed by atoms with Crippen LogP contribution in [0.15, 0.2) is 18.2 Å². The van der Waals surface area contributed by atoms with Crippen molar-refractivity contribution in [3.63, 3.8) is 0 Å². The van der Waals surface area contributed by atoms with Crippen LogP contribution in [-0.4, -0.2) is 35.0 Å². The number of rotatable bonds is 4. The highest BCUT2D eigenvalue weighted by atomic mass is 16.5. The standard InChI is InChI=1S/C20H23NO4/c1-22-15-6-11-5-12-9-21-10-13-7-17(24-3)20(25-4)19(18(12)13)14(11)8-16(15)23-2/h6-8,12,21H,5,9-10H2,1-4H3. The Morgan fingerprint density at radius 2 is 1.52 bits per heavy atom. The van der Waals surface area contributed by atoms with Crippen LogP contribution in [-0.2, 0) is 13.0 Å². The minimum Gasteiger partial charge on any atom is -0.493 e. The molecule has 0 bridgehead atoms. The van der Waals surface area contributed by atoms with Crippen molar-refractivity contribution in [2.75, 3.05) is 35.0 Å². The number of fused-ring (bicyclic) bond motifs is 2. The van der Waals surface area contributed by atoms with Gasteiger partial charge in [0, 0.05) is 24.6 Å². The first-order valence-corrected chi connectivity index (χ1v) is 8.45. The molecule has 25 heavy (non-hydrogen) atoms. The summed E-state index contributed by atoms with van der Waals surface area (Å²) in [5.74, 6) is 3.47. The molecule has 2 aliphatic rings. The molecular formula is C20H23NO4. The molecule has 1 aliphatic carbocycles. The van der Waals surface area contributed by atoms with E-state index in [0.717, 1.165) is 53.6 Å². The van der Waals surface area contributed by atoms with Crippen molar-refractivity contribution in [1.82, 2.24) is 5.32 Å². The summed E-state index contributed by atoms with van der Waals surface area (Å²) in [5.41, 5.74) is 6.17. The van der Waals surface area contributed by atoms with Crippen LogP contribution in [0, 0.1) is 0 Å². The summed E-state index contributed by atoms with van der Waals surface area (Å²) >= 11 is 0. The van der Waals surface area contributed by atoms with Crippen LogP contribution in [0.5, 0.6) is 23.0 Å². The maximum absolute atomic E-state index is 5.78. The molecule has 1 unspecified atom stereocenters. The Bertz CT molecular complexity index is 831. The van der Waals surface area contributed by atoms with Crippen LogP contribution in [0.1, 0.15) is 22.6 Å². The van der Waals surface area contributed by atoms with E-state index in [4.69, 9.17) is 18.9 Å². The molecule has 1 heterocycles. The maximum atomic E-state index is 5.78. The van der Waals surface area contributed by atoms with Gasteiger partial charge in [-0.3, -0.25) is 0 Å². The minimum absolute atomic E-state index is 0.421. The van der Waals surface area contributed by atoms with Gasteiger partial charge in [-0.1, -0.05) is 0 Å². The molecule has 0 radical (unpaired) electrons. The van der Waals surface area contributed by atoms with E-state index >= 15 is 0 Å². The topological polar surface area (TPSA) is 49.0 Å². The summed E-state index contributed by atoms with van der Waals surface area (Å²) in [5, 5.41) is 3.52. The minimum atomic E-state index is 0.421. The van der Waals surface area contributed by atoms with E-state index in [0.29, 0.717) is 5.92 Å². The normalized spacial score (nSPS) is 17.4. The van der Waals surface area contributed by atoms with Crippen LogP contribution < -0.4 is 24.3 Å². The van der Waals surface area contributed by atoms with Crippen molar-refractivity contribution >= 4 is 0 Å². The number of hydrogen-bond acceptors (Lipinski definition) is 5. The highest BCUT2D eigenvalue weighted by molar-refractivity contribution is 5.85. The van der Waals surface area contributed by atoms with Crippen molar-refractivity contribution in [3.05, 3.63) is 34.9 Å². The highest BCUT2D eigenvalue weighted by Gasteiger charge is 2.34. The van der Waals surface area contributed by atoms with Crippen molar-refractivity contribution in [2.24, 2.45) is 0 Å². The van der Waals surface area contributed by atoms with E-state index in [2.05, 4.69) is 23.5 Å². The van der Waals surface area contributed by atoms with Gasteiger partial charge in [0.25, 0.3) is 0 Å². The van der Waals surface area contributed by atoms with Gasteiger partial charge in [-0.15, -0.1) is 0 Å². The second-order valence-electron chi connectivity index (χ2n) is 6.46. The van der Waals surface area contributed by atoms with Gasteiger partial charge in [-0.05, 0) is 46.9 Å². The fourth-order valence-corrected chi connectivity index (χ4v) is 4.19. The van der Waals surface area contributed by atoms with Gasteiger partial charge in [-0.25, -0.2) is 0 Å². The third kappa shape index (κ3) is 2.34. The maximum Gasteiger partial charge on any atom is 0.168 e. The summed E-state index contributed by atoms with van der Waals surface area (Å²) in [7, 11) is 6.72. The number of methoxy groups -OCH3 is 4. The zero-order valence-corrected chi connectivity index (χ0v) is 15.1. The molecular weight excluding hydrogens is 318 g/mol. The van der Waals surface area contributed by atoms with E-state index in [9.17, 15) is 0 Å². The monoisotopic (exact) mass is 341 g/mol. The molecule has 5 nitrogen and oxygen atoms in total. The first-order valence-electron chi connectivity index (χ1n) is 8.45. The Morgan fingerprint density at radius 3 is 2.20 bits per heavy atom. The van der Waals surface area contributed by atoms with Crippen LogP contribution in [0.25, 0.3) is 11.1 Å². The number of benzene rings is 2. The lowest BCUT2D eigenvalue weighted by molar-refractivity contribution is 0.351. The predicted octanol–water partition coefficient (Wildman–Crippen LogP) is 3.13. The fourth-order valence-electron chi connectivity index (χ4n) is 4.19. The number of ether oxygens (including phenoxy) is 4. The largest absolute Gasteiger partial charge is 0.493 e. The lowest BCUT2D eigenvalue weighted by atomic mass is 9.74. The molecule has 0 spiro atoms. The molecule has 132 valence electrons. The van der Waals surface area contributed by atoms with Crippen molar-refractivity contribution in [2.45, 2.75) is 18.9 Å². The molecule has 5 heteroatoms.